The van der Waals surface area contributed by atoms with E-state index in [4.69, 9.17) is 4.98 Å². The molecule has 3 nitrogen and oxygen atoms in total. The minimum Gasteiger partial charge on any atom is -0.378 e. The third-order valence-electron chi connectivity index (χ3n) is 2.81. The zero-order valence-corrected chi connectivity index (χ0v) is 11.1. The molecule has 0 bridgehead atoms. The van der Waals surface area contributed by atoms with Crippen LogP contribution >= 0.6 is 11.3 Å². The van der Waals surface area contributed by atoms with Crippen LogP contribution in [-0.4, -0.2) is 24.1 Å². The van der Waals surface area contributed by atoms with Crippen molar-refractivity contribution in [1.29, 1.82) is 0 Å². The van der Waals surface area contributed by atoms with Gasteiger partial charge in [0.05, 0.1) is 10.2 Å². The molecule has 0 saturated carbocycles. The molecule has 4 heteroatoms. The van der Waals surface area contributed by atoms with Crippen molar-refractivity contribution < 1.29 is 0 Å². The van der Waals surface area contributed by atoms with E-state index in [2.05, 4.69) is 28.1 Å². The molecule has 0 saturated heterocycles. The lowest BCUT2D eigenvalue weighted by molar-refractivity contribution is 1.13. The second kappa shape index (κ2) is 4.38. The molecule has 1 aromatic carbocycles. The van der Waals surface area contributed by atoms with Crippen LogP contribution in [0, 0.1) is 0 Å². The summed E-state index contributed by atoms with van der Waals surface area (Å²) in [6.07, 6.45) is 3.60. The molecule has 3 aromatic rings. The normalized spacial score (nSPS) is 10.8. The van der Waals surface area contributed by atoms with Crippen LogP contribution in [0.15, 0.2) is 42.7 Å². The standard InChI is InChI=1S/C14H13N3S/c1-17(2)11-3-4-13-12(9-11)16-14(18-13)10-5-7-15-8-6-10/h3-9H,1-2H3. The number of aromatic nitrogens is 2. The molecule has 0 aliphatic rings. The maximum Gasteiger partial charge on any atom is 0.124 e. The summed E-state index contributed by atoms with van der Waals surface area (Å²) in [7, 11) is 4.08. The van der Waals surface area contributed by atoms with Crippen LogP contribution in [0.2, 0.25) is 0 Å². The van der Waals surface area contributed by atoms with Gasteiger partial charge in [0.2, 0.25) is 0 Å². The predicted molar refractivity (Wildman–Crippen MR) is 77.2 cm³/mol. The van der Waals surface area contributed by atoms with Crippen molar-refractivity contribution in [2.75, 3.05) is 19.0 Å². The average Bonchev–Trinajstić information content (AvgIpc) is 2.82. The second-order valence-electron chi connectivity index (χ2n) is 4.30. The molecule has 18 heavy (non-hydrogen) atoms. The summed E-state index contributed by atoms with van der Waals surface area (Å²) >= 11 is 1.71. The molecule has 0 radical (unpaired) electrons. The lowest BCUT2D eigenvalue weighted by atomic mass is 10.2. The first-order chi connectivity index (χ1) is 8.74. The largest absolute Gasteiger partial charge is 0.378 e. The van der Waals surface area contributed by atoms with Crippen molar-refractivity contribution in [2.24, 2.45) is 0 Å². The Morgan fingerprint density at radius 2 is 1.83 bits per heavy atom. The highest BCUT2D eigenvalue weighted by Crippen LogP contribution is 2.31. The average molecular weight is 255 g/mol. The highest BCUT2D eigenvalue weighted by molar-refractivity contribution is 7.21. The van der Waals surface area contributed by atoms with E-state index in [0.29, 0.717) is 0 Å². The molecule has 0 aliphatic carbocycles. The monoisotopic (exact) mass is 255 g/mol. The number of fused-ring (bicyclic) bond motifs is 1. The molecule has 2 heterocycles. The number of nitrogens with zero attached hydrogens (tertiary/aromatic N) is 3. The first-order valence-electron chi connectivity index (χ1n) is 5.72. The first kappa shape index (κ1) is 11.2. The van der Waals surface area contributed by atoms with Crippen molar-refractivity contribution in [1.82, 2.24) is 9.97 Å². The summed E-state index contributed by atoms with van der Waals surface area (Å²) in [5.74, 6) is 0. The van der Waals surface area contributed by atoms with Gasteiger partial charge in [-0.15, -0.1) is 11.3 Å². The van der Waals surface area contributed by atoms with Crippen LogP contribution in [0.4, 0.5) is 5.69 Å². The van der Waals surface area contributed by atoms with Crippen molar-refractivity contribution in [2.45, 2.75) is 0 Å². The van der Waals surface area contributed by atoms with Gasteiger partial charge in [-0.1, -0.05) is 0 Å². The maximum absolute atomic E-state index is 4.69. The Morgan fingerprint density at radius 3 is 2.56 bits per heavy atom. The van der Waals surface area contributed by atoms with Gasteiger partial charge in [-0.3, -0.25) is 4.98 Å². The molecule has 0 atom stereocenters. The van der Waals surface area contributed by atoms with Crippen LogP contribution in [0.5, 0.6) is 0 Å². The molecule has 0 spiro atoms. The summed E-state index contributed by atoms with van der Waals surface area (Å²) in [6, 6.07) is 10.4. The van der Waals surface area contributed by atoms with E-state index in [-0.39, 0.29) is 0 Å². The van der Waals surface area contributed by atoms with Crippen LogP contribution < -0.4 is 4.90 Å². The Labute approximate surface area is 110 Å². The van der Waals surface area contributed by atoms with Gasteiger partial charge in [0.1, 0.15) is 5.01 Å². The second-order valence-corrected chi connectivity index (χ2v) is 5.33. The van der Waals surface area contributed by atoms with Gasteiger partial charge in [0.15, 0.2) is 0 Å². The summed E-state index contributed by atoms with van der Waals surface area (Å²) in [4.78, 5) is 10.8. The maximum atomic E-state index is 4.69. The Morgan fingerprint density at radius 1 is 1.06 bits per heavy atom. The highest BCUT2D eigenvalue weighted by atomic mass is 32.1. The number of thiazole rings is 1. The van der Waals surface area contributed by atoms with Gasteiger partial charge in [0, 0.05) is 37.7 Å². The SMILES string of the molecule is CN(C)c1ccc2sc(-c3ccncc3)nc2c1. The number of anilines is 1. The first-order valence-corrected chi connectivity index (χ1v) is 6.54. The van der Waals surface area contributed by atoms with Gasteiger partial charge in [-0.05, 0) is 30.3 Å². The van der Waals surface area contributed by atoms with Crippen molar-refractivity contribution in [3.63, 3.8) is 0 Å². The number of rotatable bonds is 2. The van der Waals surface area contributed by atoms with Crippen LogP contribution in [0.3, 0.4) is 0 Å². The summed E-state index contributed by atoms with van der Waals surface area (Å²) in [5.41, 5.74) is 3.35. The molecule has 0 aliphatic heterocycles. The molecular weight excluding hydrogens is 242 g/mol. The Balaban J connectivity index is 2.11. The molecule has 0 amide bonds. The fourth-order valence-corrected chi connectivity index (χ4v) is 2.76. The molecule has 0 N–H and O–H groups in total. The van der Waals surface area contributed by atoms with Gasteiger partial charge >= 0.3 is 0 Å². The lowest BCUT2D eigenvalue weighted by Gasteiger charge is -2.11. The molecular formula is C14H13N3S. The zero-order valence-electron chi connectivity index (χ0n) is 10.3. The quantitative estimate of drug-likeness (QED) is 0.702. The molecule has 0 unspecified atom stereocenters. The lowest BCUT2D eigenvalue weighted by Crippen LogP contribution is -2.07. The number of benzene rings is 1. The summed E-state index contributed by atoms with van der Waals surface area (Å²) in [5, 5.41) is 1.04. The van der Waals surface area contributed by atoms with Gasteiger partial charge in [0.25, 0.3) is 0 Å². The zero-order chi connectivity index (χ0) is 12.5. The topological polar surface area (TPSA) is 29.0 Å². The van der Waals surface area contributed by atoms with E-state index in [1.54, 1.807) is 23.7 Å². The Bertz CT molecular complexity index is 674. The van der Waals surface area contributed by atoms with E-state index >= 15 is 0 Å². The molecule has 3 rings (SSSR count). The smallest absolute Gasteiger partial charge is 0.124 e. The van der Waals surface area contributed by atoms with Crippen LogP contribution in [-0.2, 0) is 0 Å². The molecule has 2 aromatic heterocycles. The minimum atomic E-state index is 1.04. The van der Waals surface area contributed by atoms with Crippen LogP contribution in [0.25, 0.3) is 20.8 Å². The van der Waals surface area contributed by atoms with E-state index in [0.717, 1.165) is 16.1 Å². The Kier molecular flexibility index (Phi) is 2.72. The van der Waals surface area contributed by atoms with Gasteiger partial charge in [-0.2, -0.15) is 0 Å². The number of pyridine rings is 1. The van der Waals surface area contributed by atoms with E-state index in [1.165, 1.54) is 10.4 Å². The van der Waals surface area contributed by atoms with E-state index in [9.17, 15) is 0 Å². The third kappa shape index (κ3) is 1.95. The fourth-order valence-electron chi connectivity index (χ4n) is 1.81. The van der Waals surface area contributed by atoms with E-state index in [1.807, 2.05) is 26.2 Å². The fraction of sp³-hybridized carbons (Fsp3) is 0.143. The minimum absolute atomic E-state index is 1.04. The summed E-state index contributed by atoms with van der Waals surface area (Å²) in [6.45, 7) is 0. The third-order valence-corrected chi connectivity index (χ3v) is 3.90. The Hall–Kier alpha value is -1.94. The van der Waals surface area contributed by atoms with Crippen molar-refractivity contribution in [3.8, 4) is 10.6 Å². The van der Waals surface area contributed by atoms with Gasteiger partial charge in [-0.25, -0.2) is 4.98 Å². The van der Waals surface area contributed by atoms with Crippen LogP contribution in [0.1, 0.15) is 0 Å². The van der Waals surface area contributed by atoms with E-state index < -0.39 is 0 Å². The molecule has 90 valence electrons. The summed E-state index contributed by atoms with van der Waals surface area (Å²) < 4.78 is 1.22. The van der Waals surface area contributed by atoms with Crippen molar-refractivity contribution >= 4 is 27.2 Å². The molecule has 0 fully saturated rings. The predicted octanol–water partition coefficient (Wildman–Crippen LogP) is 3.42. The van der Waals surface area contributed by atoms with Crippen molar-refractivity contribution in [3.05, 3.63) is 42.7 Å². The number of hydrogen-bond acceptors (Lipinski definition) is 4. The number of hydrogen-bond donors (Lipinski definition) is 0. The highest BCUT2D eigenvalue weighted by Gasteiger charge is 2.07. The van der Waals surface area contributed by atoms with Gasteiger partial charge < -0.3 is 4.90 Å².